The number of aryl methyl sites for hydroxylation is 1. The number of likely N-dealkylation sites (N-methyl/N-ethyl adjacent to an activating group) is 1. The Kier molecular flexibility index (Phi) is 7.20. The van der Waals surface area contributed by atoms with Gasteiger partial charge in [0.1, 0.15) is 11.5 Å². The lowest BCUT2D eigenvalue weighted by Gasteiger charge is -2.27. The molecule has 2 aromatic rings. The molecular formula is C23H29N3O5S. The minimum atomic E-state index is -0.722. The van der Waals surface area contributed by atoms with Crippen molar-refractivity contribution in [3.63, 3.8) is 0 Å². The molecule has 172 valence electrons. The van der Waals surface area contributed by atoms with Crippen molar-refractivity contribution in [2.24, 2.45) is 0 Å². The molecule has 1 aliphatic heterocycles. The van der Waals surface area contributed by atoms with Crippen molar-refractivity contribution in [1.82, 2.24) is 14.8 Å². The maximum atomic E-state index is 13.1. The van der Waals surface area contributed by atoms with Gasteiger partial charge in [-0.1, -0.05) is 19.9 Å². The smallest absolute Gasteiger partial charge is 0.354 e. The van der Waals surface area contributed by atoms with E-state index in [2.05, 4.69) is 9.88 Å². The first kappa shape index (κ1) is 23.7. The van der Waals surface area contributed by atoms with Crippen LogP contribution in [-0.2, 0) is 14.3 Å². The van der Waals surface area contributed by atoms with Crippen LogP contribution in [0.15, 0.2) is 23.1 Å². The number of nitrogens with zero attached hydrogens (tertiary/aromatic N) is 2. The van der Waals surface area contributed by atoms with Gasteiger partial charge in [0.25, 0.3) is 11.7 Å². The third kappa shape index (κ3) is 4.10. The van der Waals surface area contributed by atoms with E-state index >= 15 is 0 Å². The maximum absolute atomic E-state index is 13.1. The fraction of sp³-hybridized carbons (Fsp3) is 0.435. The first-order chi connectivity index (χ1) is 15.3. The summed E-state index contributed by atoms with van der Waals surface area (Å²) in [5.74, 6) is -2.20. The maximum Gasteiger partial charge on any atom is 0.354 e. The highest BCUT2D eigenvalue weighted by molar-refractivity contribution is 7.10. The summed E-state index contributed by atoms with van der Waals surface area (Å²) in [6.07, 6.45) is 0. The number of ether oxygens (including phenoxy) is 1. The number of ketones is 1. The lowest BCUT2D eigenvalue weighted by molar-refractivity contribution is -0.140. The summed E-state index contributed by atoms with van der Waals surface area (Å²) in [5.41, 5.74) is 1.56. The molecule has 0 aliphatic carbocycles. The van der Waals surface area contributed by atoms with Gasteiger partial charge in [-0.25, -0.2) is 4.79 Å². The molecule has 8 nitrogen and oxygen atoms in total. The SMILES string of the molecule is CCN(CC)CCN1C(=O)C(=O)/C(=C(/O)c2c(C)[nH]c(C(=O)OC)c2C)[C@H]1c1cccs1. The van der Waals surface area contributed by atoms with Gasteiger partial charge in [-0.2, -0.15) is 0 Å². The number of carbonyl (C=O) groups is 3. The highest BCUT2D eigenvalue weighted by atomic mass is 32.1. The zero-order valence-electron chi connectivity index (χ0n) is 19.0. The quantitative estimate of drug-likeness (QED) is 0.272. The minimum absolute atomic E-state index is 0.0404. The Morgan fingerprint density at radius 1 is 1.28 bits per heavy atom. The van der Waals surface area contributed by atoms with E-state index in [1.54, 1.807) is 13.8 Å². The third-order valence-electron chi connectivity index (χ3n) is 5.97. The van der Waals surface area contributed by atoms with Crippen LogP contribution in [0.4, 0.5) is 0 Å². The van der Waals surface area contributed by atoms with Crippen LogP contribution >= 0.6 is 11.3 Å². The molecule has 9 heteroatoms. The highest BCUT2D eigenvalue weighted by Crippen LogP contribution is 2.42. The second kappa shape index (κ2) is 9.70. The van der Waals surface area contributed by atoms with E-state index in [4.69, 9.17) is 4.74 Å². The number of nitrogens with one attached hydrogen (secondary N) is 1. The summed E-state index contributed by atoms with van der Waals surface area (Å²) >= 11 is 1.43. The van der Waals surface area contributed by atoms with E-state index in [-0.39, 0.29) is 17.0 Å². The molecule has 3 rings (SSSR count). The molecule has 1 amide bonds. The molecule has 1 fully saturated rings. The lowest BCUT2D eigenvalue weighted by Crippen LogP contribution is -2.37. The molecule has 1 aliphatic rings. The zero-order valence-corrected chi connectivity index (χ0v) is 19.8. The zero-order chi connectivity index (χ0) is 23.6. The molecule has 1 atom stereocenters. The number of methoxy groups -OCH3 is 1. The minimum Gasteiger partial charge on any atom is -0.507 e. The molecule has 0 radical (unpaired) electrons. The Morgan fingerprint density at radius 3 is 2.53 bits per heavy atom. The third-order valence-corrected chi connectivity index (χ3v) is 6.89. The van der Waals surface area contributed by atoms with E-state index in [1.165, 1.54) is 23.3 Å². The molecule has 1 saturated heterocycles. The lowest BCUT2D eigenvalue weighted by atomic mass is 9.97. The Labute approximate surface area is 191 Å². The predicted octanol–water partition coefficient (Wildman–Crippen LogP) is 3.24. The number of aromatic nitrogens is 1. The van der Waals surface area contributed by atoms with Gasteiger partial charge in [0, 0.05) is 29.2 Å². The van der Waals surface area contributed by atoms with Gasteiger partial charge in [-0.3, -0.25) is 9.59 Å². The van der Waals surface area contributed by atoms with Crippen LogP contribution in [0.5, 0.6) is 0 Å². The number of hydrogen-bond donors (Lipinski definition) is 2. The largest absolute Gasteiger partial charge is 0.507 e. The van der Waals surface area contributed by atoms with Gasteiger partial charge in [0.2, 0.25) is 0 Å². The fourth-order valence-corrected chi connectivity index (χ4v) is 5.03. The number of carbonyl (C=O) groups excluding carboxylic acids is 3. The van der Waals surface area contributed by atoms with Crippen molar-refractivity contribution in [1.29, 1.82) is 0 Å². The van der Waals surface area contributed by atoms with Crippen molar-refractivity contribution in [2.75, 3.05) is 33.3 Å². The number of esters is 1. The number of rotatable bonds is 8. The molecular weight excluding hydrogens is 430 g/mol. The number of hydrogen-bond acceptors (Lipinski definition) is 7. The van der Waals surface area contributed by atoms with E-state index in [1.807, 2.05) is 31.4 Å². The fourth-order valence-electron chi connectivity index (χ4n) is 4.19. The number of H-pyrrole nitrogens is 1. The van der Waals surface area contributed by atoms with E-state index in [9.17, 15) is 19.5 Å². The van der Waals surface area contributed by atoms with Gasteiger partial charge in [0.05, 0.1) is 18.7 Å². The van der Waals surface area contributed by atoms with Crippen LogP contribution < -0.4 is 0 Å². The van der Waals surface area contributed by atoms with Crippen molar-refractivity contribution in [3.8, 4) is 0 Å². The number of Topliss-reactive ketones (excluding diaryl/α,β-unsaturated/α-hetero) is 1. The molecule has 0 unspecified atom stereocenters. The molecule has 2 N–H and O–H groups in total. The van der Waals surface area contributed by atoms with Gasteiger partial charge < -0.3 is 24.6 Å². The average Bonchev–Trinajstić information content (AvgIpc) is 3.47. The topological polar surface area (TPSA) is 103 Å². The molecule has 32 heavy (non-hydrogen) atoms. The van der Waals surface area contributed by atoms with Gasteiger partial charge in [-0.15, -0.1) is 11.3 Å². The molecule has 2 aromatic heterocycles. The standard InChI is InChI=1S/C23H29N3O5S/c1-6-25(7-2)10-11-26-19(15-9-8-12-32-15)17(21(28)22(26)29)20(27)16-13(3)18(23(30)31-5)24-14(16)4/h8-9,12,19,24,27H,6-7,10-11H2,1-5H3/b20-17+/t19-/m1/s1. The van der Waals surface area contributed by atoms with E-state index in [0.717, 1.165) is 18.0 Å². The van der Waals surface area contributed by atoms with Crippen molar-refractivity contribution < 1.29 is 24.2 Å². The Morgan fingerprint density at radius 2 is 1.97 bits per heavy atom. The summed E-state index contributed by atoms with van der Waals surface area (Å²) in [6.45, 7) is 10.1. The van der Waals surface area contributed by atoms with Gasteiger partial charge in [-0.05, 0) is 43.9 Å². The summed E-state index contributed by atoms with van der Waals surface area (Å²) in [7, 11) is 1.27. The van der Waals surface area contributed by atoms with Crippen LogP contribution in [0, 0.1) is 13.8 Å². The van der Waals surface area contributed by atoms with Crippen LogP contribution in [0.1, 0.15) is 52.1 Å². The molecule has 0 aromatic carbocycles. The van der Waals surface area contributed by atoms with Crippen LogP contribution in [0.3, 0.4) is 0 Å². The molecule has 0 saturated carbocycles. The highest BCUT2D eigenvalue weighted by Gasteiger charge is 2.47. The van der Waals surface area contributed by atoms with Crippen LogP contribution in [-0.4, -0.2) is 70.8 Å². The Balaban J connectivity index is 2.12. The summed E-state index contributed by atoms with van der Waals surface area (Å²) in [6, 6.07) is 3.03. The Hall–Kier alpha value is -2.91. The number of aliphatic hydroxyl groups excluding tert-OH is 1. The van der Waals surface area contributed by atoms with Crippen LogP contribution in [0.25, 0.3) is 5.76 Å². The van der Waals surface area contributed by atoms with Crippen molar-refractivity contribution in [3.05, 3.63) is 50.5 Å². The van der Waals surface area contributed by atoms with E-state index in [0.29, 0.717) is 29.9 Å². The second-order valence-corrected chi connectivity index (χ2v) is 8.63. The number of aliphatic hydroxyl groups is 1. The van der Waals surface area contributed by atoms with Crippen LogP contribution in [0.2, 0.25) is 0 Å². The van der Waals surface area contributed by atoms with E-state index < -0.39 is 23.7 Å². The normalized spacial score (nSPS) is 18.1. The summed E-state index contributed by atoms with van der Waals surface area (Å²) in [4.78, 5) is 45.7. The monoisotopic (exact) mass is 459 g/mol. The second-order valence-electron chi connectivity index (χ2n) is 7.65. The molecule has 3 heterocycles. The number of thiophene rings is 1. The molecule has 0 spiro atoms. The predicted molar refractivity (Wildman–Crippen MR) is 123 cm³/mol. The van der Waals surface area contributed by atoms with Crippen molar-refractivity contribution in [2.45, 2.75) is 33.7 Å². The average molecular weight is 460 g/mol. The molecule has 0 bridgehead atoms. The number of amides is 1. The first-order valence-corrected chi connectivity index (χ1v) is 11.5. The first-order valence-electron chi connectivity index (χ1n) is 10.6. The van der Waals surface area contributed by atoms with Gasteiger partial charge >= 0.3 is 5.97 Å². The number of likely N-dealkylation sites (tertiary alicyclic amines) is 1. The number of aromatic amines is 1. The van der Waals surface area contributed by atoms with Gasteiger partial charge in [0.15, 0.2) is 0 Å². The Bertz CT molecular complexity index is 1050. The summed E-state index contributed by atoms with van der Waals surface area (Å²) in [5, 5.41) is 13.2. The van der Waals surface area contributed by atoms with Crippen molar-refractivity contribution >= 4 is 34.8 Å². The summed E-state index contributed by atoms with van der Waals surface area (Å²) < 4.78 is 4.80.